The number of hydrogen-bond donors (Lipinski definition) is 1. The molecule has 19 heavy (non-hydrogen) atoms. The summed E-state index contributed by atoms with van der Waals surface area (Å²) < 4.78 is 54.9. The minimum absolute atomic E-state index is 0.114. The molecule has 0 aliphatic carbocycles. The summed E-state index contributed by atoms with van der Waals surface area (Å²) in [6.07, 6.45) is -0.671. The Balaban J connectivity index is 2.79. The molecule has 1 aliphatic rings. The van der Waals surface area contributed by atoms with Crippen LogP contribution in [0.2, 0.25) is 0 Å². The molecule has 0 aromatic rings. The first-order chi connectivity index (χ1) is 8.90. The summed E-state index contributed by atoms with van der Waals surface area (Å²) in [6, 6.07) is 0. The lowest BCUT2D eigenvalue weighted by molar-refractivity contribution is 0.00983. The molecule has 2 atom stereocenters. The van der Waals surface area contributed by atoms with Gasteiger partial charge in [0.25, 0.3) is 0 Å². The van der Waals surface area contributed by atoms with Gasteiger partial charge in [0.15, 0.2) is 0 Å². The molecule has 1 fully saturated rings. The molecule has 8 heteroatoms. The van der Waals surface area contributed by atoms with Crippen molar-refractivity contribution in [1.29, 1.82) is 0 Å². The molecule has 0 amide bonds. The van der Waals surface area contributed by atoms with E-state index in [0.717, 1.165) is 0 Å². The molecule has 5 nitrogen and oxygen atoms in total. The van der Waals surface area contributed by atoms with Gasteiger partial charge in [-0.3, -0.25) is 4.57 Å². The van der Waals surface area contributed by atoms with Gasteiger partial charge in [0.2, 0.25) is 0 Å². The third-order valence-corrected chi connectivity index (χ3v) is 5.25. The van der Waals surface area contributed by atoms with Crippen LogP contribution in [0.15, 0.2) is 0 Å². The Morgan fingerprint density at radius 1 is 1.26 bits per heavy atom. The zero-order valence-corrected chi connectivity index (χ0v) is 12.1. The second-order valence-electron chi connectivity index (χ2n) is 4.44. The Bertz CT molecular complexity index is 316. The van der Waals surface area contributed by atoms with Crippen molar-refractivity contribution in [3.05, 3.63) is 0 Å². The van der Waals surface area contributed by atoms with Crippen molar-refractivity contribution in [2.45, 2.75) is 25.9 Å². The molecule has 0 radical (unpaired) electrons. The highest BCUT2D eigenvalue weighted by Crippen LogP contribution is 2.64. The van der Waals surface area contributed by atoms with Crippen LogP contribution in [0.4, 0.5) is 8.78 Å². The minimum Gasteiger partial charge on any atom is -0.396 e. The maximum absolute atomic E-state index is 14.2. The van der Waals surface area contributed by atoms with E-state index in [1.54, 1.807) is 0 Å². The van der Waals surface area contributed by atoms with E-state index < -0.39 is 25.6 Å². The van der Waals surface area contributed by atoms with Crippen LogP contribution in [0, 0.1) is 11.8 Å². The summed E-state index contributed by atoms with van der Waals surface area (Å²) in [6.45, 7) is 2.88. The number of hydrogen-bond acceptors (Lipinski definition) is 5. The summed E-state index contributed by atoms with van der Waals surface area (Å²) in [5.41, 5.74) is -3.58. The molecule has 0 aromatic carbocycles. The number of alkyl halides is 2. The van der Waals surface area contributed by atoms with Crippen LogP contribution in [0.5, 0.6) is 0 Å². The summed E-state index contributed by atoms with van der Waals surface area (Å²) in [4.78, 5) is 0. The fraction of sp³-hybridized carbons (Fsp3) is 1.00. The van der Waals surface area contributed by atoms with Crippen molar-refractivity contribution in [3.63, 3.8) is 0 Å². The van der Waals surface area contributed by atoms with Crippen LogP contribution < -0.4 is 0 Å². The maximum Gasteiger partial charge on any atom is 0.399 e. The van der Waals surface area contributed by atoms with Crippen molar-refractivity contribution >= 4 is 7.60 Å². The van der Waals surface area contributed by atoms with E-state index >= 15 is 0 Å². The van der Waals surface area contributed by atoms with Crippen LogP contribution >= 0.6 is 7.60 Å². The molecule has 1 aliphatic heterocycles. The number of ether oxygens (including phenoxy) is 1. The predicted octanol–water partition coefficient (Wildman–Crippen LogP) is 2.49. The van der Waals surface area contributed by atoms with E-state index in [4.69, 9.17) is 18.9 Å². The van der Waals surface area contributed by atoms with E-state index in [9.17, 15) is 13.3 Å². The van der Waals surface area contributed by atoms with E-state index in [1.807, 2.05) is 0 Å². The lowest BCUT2D eigenvalue weighted by Crippen LogP contribution is -2.28. The first kappa shape index (κ1) is 17.0. The Morgan fingerprint density at radius 2 is 1.79 bits per heavy atom. The van der Waals surface area contributed by atoms with Crippen molar-refractivity contribution in [2.75, 3.05) is 33.0 Å². The number of aliphatic hydroxyl groups is 1. The van der Waals surface area contributed by atoms with Gasteiger partial charge < -0.3 is 18.9 Å². The number of halogens is 2. The second kappa shape index (κ2) is 7.09. The molecule has 1 heterocycles. The fourth-order valence-corrected chi connectivity index (χ4v) is 3.65. The van der Waals surface area contributed by atoms with Crippen molar-refractivity contribution in [1.82, 2.24) is 0 Å². The van der Waals surface area contributed by atoms with Crippen LogP contribution in [0.1, 0.15) is 20.3 Å². The monoisotopic (exact) mass is 302 g/mol. The lowest BCUT2D eigenvalue weighted by Gasteiger charge is -2.28. The van der Waals surface area contributed by atoms with Gasteiger partial charge in [-0.2, -0.15) is 8.78 Å². The van der Waals surface area contributed by atoms with Crippen molar-refractivity contribution in [3.8, 4) is 0 Å². The average Bonchev–Trinajstić information content (AvgIpc) is 2.76. The third-order valence-electron chi connectivity index (χ3n) is 3.07. The smallest absolute Gasteiger partial charge is 0.396 e. The van der Waals surface area contributed by atoms with Crippen LogP contribution in [0.25, 0.3) is 0 Å². The number of aliphatic hydroxyl groups excluding tert-OH is 1. The van der Waals surface area contributed by atoms with Gasteiger partial charge in [0.05, 0.1) is 26.4 Å². The molecule has 1 rings (SSSR count). The van der Waals surface area contributed by atoms with Crippen molar-refractivity contribution in [2.24, 2.45) is 11.8 Å². The first-order valence-electron chi connectivity index (χ1n) is 6.35. The van der Waals surface area contributed by atoms with E-state index in [2.05, 4.69) is 0 Å². The Hall–Kier alpha value is -0.0700. The first-order valence-corrected chi connectivity index (χ1v) is 7.90. The third kappa shape index (κ3) is 3.95. The van der Waals surface area contributed by atoms with E-state index in [0.29, 0.717) is 0 Å². The summed E-state index contributed by atoms with van der Waals surface area (Å²) >= 11 is 0. The molecule has 0 aromatic heterocycles. The highest BCUT2D eigenvalue weighted by Gasteiger charge is 2.55. The maximum atomic E-state index is 14.2. The lowest BCUT2D eigenvalue weighted by atomic mass is 9.94. The molecule has 0 saturated carbocycles. The van der Waals surface area contributed by atoms with Gasteiger partial charge in [-0.05, 0) is 19.8 Å². The zero-order valence-electron chi connectivity index (χ0n) is 11.2. The largest absolute Gasteiger partial charge is 0.399 e. The predicted molar refractivity (Wildman–Crippen MR) is 65.3 cm³/mol. The molecule has 0 spiro atoms. The van der Waals surface area contributed by atoms with Crippen LogP contribution in [0.3, 0.4) is 0 Å². The Morgan fingerprint density at radius 3 is 2.26 bits per heavy atom. The van der Waals surface area contributed by atoms with Gasteiger partial charge in [-0.25, -0.2) is 0 Å². The highest BCUT2D eigenvalue weighted by atomic mass is 31.2. The topological polar surface area (TPSA) is 65.0 Å². The highest BCUT2D eigenvalue weighted by molar-refractivity contribution is 7.55. The standard InChI is InChI=1S/C11H21F2O5P/c1-3-17-19(15,18-4-2)11(12,13)5-9-7-16-8-10(9)6-14/h9-10,14H,3-8H2,1-2H3/t9-,10-/m1/s1. The summed E-state index contributed by atoms with van der Waals surface area (Å²) in [5.74, 6) is -0.906. The fourth-order valence-electron chi connectivity index (χ4n) is 2.06. The van der Waals surface area contributed by atoms with Gasteiger partial charge in [-0.15, -0.1) is 0 Å². The van der Waals surface area contributed by atoms with E-state index in [1.165, 1.54) is 13.8 Å². The Kier molecular flexibility index (Phi) is 6.33. The zero-order chi connectivity index (χ0) is 14.5. The summed E-state index contributed by atoms with van der Waals surface area (Å²) in [7, 11) is -4.48. The van der Waals surface area contributed by atoms with Gasteiger partial charge in [0, 0.05) is 18.9 Å². The molecule has 1 N–H and O–H groups in total. The second-order valence-corrected chi connectivity index (χ2v) is 6.61. The molecular weight excluding hydrogens is 281 g/mol. The van der Waals surface area contributed by atoms with E-state index in [-0.39, 0.29) is 39.0 Å². The van der Waals surface area contributed by atoms with Crippen LogP contribution in [-0.2, 0) is 18.3 Å². The molecular formula is C11H21F2O5P. The van der Waals surface area contributed by atoms with Crippen molar-refractivity contribution < 1.29 is 32.2 Å². The summed E-state index contributed by atoms with van der Waals surface area (Å²) in [5, 5.41) is 9.09. The SMILES string of the molecule is CCOP(=O)(OCC)C(F)(F)C[C@@H]1COC[C@H]1CO. The van der Waals surface area contributed by atoms with Crippen LogP contribution in [-0.4, -0.2) is 43.8 Å². The normalized spacial score (nSPS) is 24.9. The molecule has 1 saturated heterocycles. The number of rotatable bonds is 8. The molecule has 0 bridgehead atoms. The quantitative estimate of drug-likeness (QED) is 0.698. The van der Waals surface area contributed by atoms with Gasteiger partial charge in [0.1, 0.15) is 0 Å². The van der Waals surface area contributed by atoms with Gasteiger partial charge in [-0.1, -0.05) is 0 Å². The Labute approximate surface area is 111 Å². The van der Waals surface area contributed by atoms with Gasteiger partial charge >= 0.3 is 13.3 Å². The minimum atomic E-state index is -4.48. The molecule has 0 unspecified atom stereocenters. The average molecular weight is 302 g/mol. The molecule has 114 valence electrons.